The third-order valence-corrected chi connectivity index (χ3v) is 4.20. The minimum Gasteiger partial charge on any atom is -0.507 e. The second-order valence-corrected chi connectivity index (χ2v) is 4.88. The number of fused-ring (bicyclic) bond motifs is 1. The number of hydrogen-bond donors (Lipinski definition) is 1. The van der Waals surface area contributed by atoms with E-state index in [9.17, 15) is 5.11 Å². The number of thiophene rings is 1. The molecular formula is C10H9IOS. The SMILES string of the molecule is CCc1csc2ccc(O)c(I)c12. The van der Waals surface area contributed by atoms with Crippen LogP contribution in [-0.2, 0) is 6.42 Å². The van der Waals surface area contributed by atoms with Crippen molar-refractivity contribution in [3.8, 4) is 5.75 Å². The number of phenolic OH excluding ortho intramolecular Hbond substituents is 1. The van der Waals surface area contributed by atoms with Crippen LogP contribution in [0.25, 0.3) is 10.1 Å². The van der Waals surface area contributed by atoms with Crippen LogP contribution in [0.3, 0.4) is 0 Å². The Balaban J connectivity index is 2.85. The van der Waals surface area contributed by atoms with E-state index in [0.29, 0.717) is 5.75 Å². The molecule has 1 N–H and O–H groups in total. The molecule has 0 unspecified atom stereocenters. The lowest BCUT2D eigenvalue weighted by Gasteiger charge is -2.00. The summed E-state index contributed by atoms with van der Waals surface area (Å²) in [6, 6.07) is 3.75. The quantitative estimate of drug-likeness (QED) is 0.795. The van der Waals surface area contributed by atoms with Gasteiger partial charge in [-0.05, 0) is 52.1 Å². The van der Waals surface area contributed by atoms with Crippen molar-refractivity contribution in [1.29, 1.82) is 0 Å². The molecule has 2 rings (SSSR count). The normalized spacial score (nSPS) is 10.9. The molecule has 1 aromatic heterocycles. The lowest BCUT2D eigenvalue weighted by molar-refractivity contribution is 0.472. The average Bonchev–Trinajstić information content (AvgIpc) is 2.55. The van der Waals surface area contributed by atoms with Gasteiger partial charge in [0.05, 0.1) is 3.57 Å². The first-order valence-electron chi connectivity index (χ1n) is 4.11. The second kappa shape index (κ2) is 3.46. The summed E-state index contributed by atoms with van der Waals surface area (Å²) >= 11 is 3.95. The maximum absolute atomic E-state index is 9.55. The molecule has 1 heterocycles. The van der Waals surface area contributed by atoms with Crippen molar-refractivity contribution >= 4 is 44.0 Å². The van der Waals surface area contributed by atoms with Crippen LogP contribution in [-0.4, -0.2) is 5.11 Å². The van der Waals surface area contributed by atoms with Crippen LogP contribution >= 0.6 is 33.9 Å². The third kappa shape index (κ3) is 1.44. The molecule has 0 fully saturated rings. The van der Waals surface area contributed by atoms with Gasteiger partial charge in [-0.2, -0.15) is 0 Å². The molecule has 0 atom stereocenters. The highest BCUT2D eigenvalue weighted by molar-refractivity contribution is 14.1. The highest BCUT2D eigenvalue weighted by atomic mass is 127. The van der Waals surface area contributed by atoms with Gasteiger partial charge in [0.25, 0.3) is 0 Å². The van der Waals surface area contributed by atoms with Gasteiger partial charge in [-0.1, -0.05) is 6.92 Å². The van der Waals surface area contributed by atoms with E-state index in [1.165, 1.54) is 15.6 Å². The molecule has 3 heteroatoms. The number of halogens is 1. The zero-order valence-corrected chi connectivity index (χ0v) is 10.1. The van der Waals surface area contributed by atoms with Gasteiger partial charge in [-0.15, -0.1) is 11.3 Å². The molecule has 0 spiro atoms. The van der Waals surface area contributed by atoms with Crippen LogP contribution in [0.5, 0.6) is 5.75 Å². The van der Waals surface area contributed by atoms with E-state index in [1.807, 2.05) is 6.07 Å². The predicted molar refractivity (Wildman–Crippen MR) is 65.6 cm³/mol. The van der Waals surface area contributed by atoms with Crippen molar-refractivity contribution in [1.82, 2.24) is 0 Å². The number of aromatic hydroxyl groups is 1. The van der Waals surface area contributed by atoms with Crippen LogP contribution in [0.15, 0.2) is 17.5 Å². The third-order valence-electron chi connectivity index (χ3n) is 2.11. The molecule has 0 saturated heterocycles. The molecule has 0 amide bonds. The molecule has 0 saturated carbocycles. The van der Waals surface area contributed by atoms with Gasteiger partial charge in [0, 0.05) is 10.1 Å². The van der Waals surface area contributed by atoms with Crippen LogP contribution < -0.4 is 0 Å². The Labute approximate surface area is 94.5 Å². The minimum atomic E-state index is 0.390. The van der Waals surface area contributed by atoms with Crippen molar-refractivity contribution in [2.75, 3.05) is 0 Å². The zero-order valence-electron chi connectivity index (χ0n) is 7.17. The Morgan fingerprint density at radius 3 is 2.92 bits per heavy atom. The fourth-order valence-corrected chi connectivity index (χ4v) is 3.45. The Kier molecular flexibility index (Phi) is 2.47. The van der Waals surface area contributed by atoms with E-state index in [2.05, 4.69) is 34.9 Å². The van der Waals surface area contributed by atoms with Crippen molar-refractivity contribution in [2.24, 2.45) is 0 Å². The minimum absolute atomic E-state index is 0.390. The predicted octanol–water partition coefficient (Wildman–Crippen LogP) is 3.77. The van der Waals surface area contributed by atoms with Gasteiger partial charge in [-0.25, -0.2) is 0 Å². The van der Waals surface area contributed by atoms with Crippen LogP contribution in [0, 0.1) is 3.57 Å². The number of rotatable bonds is 1. The van der Waals surface area contributed by atoms with Gasteiger partial charge < -0.3 is 5.11 Å². The first-order chi connectivity index (χ1) is 6.24. The van der Waals surface area contributed by atoms with E-state index in [-0.39, 0.29) is 0 Å². The Bertz CT molecular complexity index is 447. The first-order valence-corrected chi connectivity index (χ1v) is 6.07. The maximum Gasteiger partial charge on any atom is 0.129 e. The number of phenols is 1. The molecule has 0 aliphatic carbocycles. The zero-order chi connectivity index (χ0) is 9.42. The fraction of sp³-hybridized carbons (Fsp3) is 0.200. The van der Waals surface area contributed by atoms with E-state index < -0.39 is 0 Å². The van der Waals surface area contributed by atoms with Crippen molar-refractivity contribution < 1.29 is 5.11 Å². The molecule has 0 radical (unpaired) electrons. The molecule has 0 aliphatic rings. The molecule has 1 aromatic carbocycles. The maximum atomic E-state index is 9.55. The molecule has 1 nitrogen and oxygen atoms in total. The molecule has 2 aromatic rings. The highest BCUT2D eigenvalue weighted by Crippen LogP contribution is 2.35. The standard InChI is InChI=1S/C10H9IOS/c1-2-6-5-13-8-4-3-7(12)10(11)9(6)8/h3-5,12H,2H2,1H3. The topological polar surface area (TPSA) is 20.2 Å². The molecule has 68 valence electrons. The number of benzene rings is 1. The summed E-state index contributed by atoms with van der Waals surface area (Å²) in [7, 11) is 0. The summed E-state index contributed by atoms with van der Waals surface area (Å²) in [5, 5.41) is 13.0. The first kappa shape index (κ1) is 9.27. The van der Waals surface area contributed by atoms with Gasteiger partial charge in [-0.3, -0.25) is 0 Å². The van der Waals surface area contributed by atoms with Crippen LogP contribution in [0.4, 0.5) is 0 Å². The molecule has 13 heavy (non-hydrogen) atoms. The summed E-state index contributed by atoms with van der Waals surface area (Å²) in [5.74, 6) is 0.390. The summed E-state index contributed by atoms with van der Waals surface area (Å²) in [6.45, 7) is 2.14. The van der Waals surface area contributed by atoms with E-state index in [0.717, 1.165) is 9.99 Å². The Hall–Kier alpha value is -0.290. The Morgan fingerprint density at radius 1 is 1.46 bits per heavy atom. The largest absolute Gasteiger partial charge is 0.507 e. The lowest BCUT2D eigenvalue weighted by Crippen LogP contribution is -1.80. The molecule has 0 aliphatic heterocycles. The highest BCUT2D eigenvalue weighted by Gasteiger charge is 2.08. The van der Waals surface area contributed by atoms with Gasteiger partial charge in [0.15, 0.2) is 0 Å². The number of hydrogen-bond acceptors (Lipinski definition) is 2. The summed E-state index contributed by atoms with van der Waals surface area (Å²) in [5.41, 5.74) is 1.33. The lowest BCUT2D eigenvalue weighted by atomic mass is 10.1. The van der Waals surface area contributed by atoms with E-state index in [1.54, 1.807) is 17.4 Å². The fourth-order valence-electron chi connectivity index (χ4n) is 1.40. The van der Waals surface area contributed by atoms with Crippen molar-refractivity contribution in [2.45, 2.75) is 13.3 Å². The second-order valence-electron chi connectivity index (χ2n) is 2.89. The summed E-state index contributed by atoms with van der Waals surface area (Å²) in [6.07, 6.45) is 1.03. The van der Waals surface area contributed by atoms with Crippen LogP contribution in [0.2, 0.25) is 0 Å². The summed E-state index contributed by atoms with van der Waals surface area (Å²) < 4.78 is 2.24. The molecular weight excluding hydrogens is 295 g/mol. The Morgan fingerprint density at radius 2 is 2.23 bits per heavy atom. The van der Waals surface area contributed by atoms with E-state index >= 15 is 0 Å². The molecule has 0 bridgehead atoms. The smallest absolute Gasteiger partial charge is 0.129 e. The van der Waals surface area contributed by atoms with Gasteiger partial charge >= 0.3 is 0 Å². The number of aryl methyl sites for hydroxylation is 1. The van der Waals surface area contributed by atoms with E-state index in [4.69, 9.17) is 0 Å². The van der Waals surface area contributed by atoms with Gasteiger partial charge in [0.1, 0.15) is 5.75 Å². The monoisotopic (exact) mass is 304 g/mol. The van der Waals surface area contributed by atoms with Crippen molar-refractivity contribution in [3.63, 3.8) is 0 Å². The van der Waals surface area contributed by atoms with Crippen LogP contribution in [0.1, 0.15) is 12.5 Å². The summed E-state index contributed by atoms with van der Waals surface area (Å²) in [4.78, 5) is 0. The van der Waals surface area contributed by atoms with Crippen molar-refractivity contribution in [3.05, 3.63) is 26.6 Å². The van der Waals surface area contributed by atoms with Gasteiger partial charge in [0.2, 0.25) is 0 Å². The average molecular weight is 304 g/mol.